The first kappa shape index (κ1) is 18.9. The van der Waals surface area contributed by atoms with E-state index in [1.54, 1.807) is 30.0 Å². The van der Waals surface area contributed by atoms with Crippen LogP contribution in [0.1, 0.15) is 24.5 Å². The maximum Gasteiger partial charge on any atom is 0.248 e. The number of carbonyl (C=O) groups excluding carboxylic acids is 1. The number of carbonyl (C=O) groups is 1. The van der Waals surface area contributed by atoms with E-state index in [2.05, 4.69) is 4.72 Å². The quantitative estimate of drug-likeness (QED) is 0.731. The molecule has 1 atom stereocenters. The highest BCUT2D eigenvalue weighted by atomic mass is 32.2. The molecule has 0 bridgehead atoms. The van der Waals surface area contributed by atoms with Crippen LogP contribution in [0.5, 0.6) is 0 Å². The summed E-state index contributed by atoms with van der Waals surface area (Å²) in [7, 11) is -2.16. The molecule has 0 fully saturated rings. The summed E-state index contributed by atoms with van der Waals surface area (Å²) in [5.41, 5.74) is 1.89. The van der Waals surface area contributed by atoms with Crippen LogP contribution < -0.4 is 4.72 Å². The maximum atomic E-state index is 12.3. The summed E-state index contributed by atoms with van der Waals surface area (Å²) < 4.78 is 32.0. The van der Waals surface area contributed by atoms with E-state index < -0.39 is 16.1 Å². The zero-order valence-corrected chi connectivity index (χ0v) is 14.8. The van der Waals surface area contributed by atoms with Gasteiger partial charge in [-0.1, -0.05) is 6.07 Å². The molecule has 0 aromatic heterocycles. The number of hydrogen-bond donors (Lipinski definition) is 2. The second-order valence-electron chi connectivity index (χ2n) is 5.96. The van der Waals surface area contributed by atoms with E-state index in [1.807, 2.05) is 0 Å². The molecule has 24 heavy (non-hydrogen) atoms. The van der Waals surface area contributed by atoms with E-state index in [1.165, 1.54) is 7.11 Å². The zero-order valence-electron chi connectivity index (χ0n) is 14.0. The second kappa shape index (κ2) is 8.06. The molecule has 0 radical (unpaired) electrons. The number of aliphatic hydroxyl groups excluding tert-OH is 1. The van der Waals surface area contributed by atoms with Crippen molar-refractivity contribution >= 4 is 15.9 Å². The maximum absolute atomic E-state index is 12.3. The van der Waals surface area contributed by atoms with E-state index in [0.717, 1.165) is 11.1 Å². The predicted molar refractivity (Wildman–Crippen MR) is 88.9 cm³/mol. The molecule has 7 nitrogen and oxygen atoms in total. The molecule has 2 rings (SSSR count). The van der Waals surface area contributed by atoms with Crippen molar-refractivity contribution in [3.63, 3.8) is 0 Å². The molecular formula is C16H24N2O5S. The summed E-state index contributed by atoms with van der Waals surface area (Å²) in [5, 5.41) is 9.22. The molecule has 1 aromatic rings. The number of ether oxygens (including phenoxy) is 1. The Morgan fingerprint density at radius 3 is 2.83 bits per heavy atom. The number of nitrogens with one attached hydrogen (secondary N) is 1. The Kier molecular flexibility index (Phi) is 6.34. The number of aliphatic hydroxyl groups is 1. The Morgan fingerprint density at radius 1 is 1.42 bits per heavy atom. The van der Waals surface area contributed by atoms with Gasteiger partial charge in [0.05, 0.1) is 11.0 Å². The van der Waals surface area contributed by atoms with Gasteiger partial charge in [-0.2, -0.15) is 0 Å². The SMILES string of the molecule is COCC(=O)N1CCc2ccc(S(=O)(=O)NCC[C@@H](C)O)cc2C1. The van der Waals surface area contributed by atoms with Crippen LogP contribution in [0.4, 0.5) is 0 Å². The summed E-state index contributed by atoms with van der Waals surface area (Å²) in [6.07, 6.45) is 0.487. The van der Waals surface area contributed by atoms with Gasteiger partial charge in [0.15, 0.2) is 0 Å². The van der Waals surface area contributed by atoms with Crippen LogP contribution in [-0.2, 0) is 32.5 Å². The van der Waals surface area contributed by atoms with Crippen molar-refractivity contribution in [1.82, 2.24) is 9.62 Å². The number of hydrogen-bond acceptors (Lipinski definition) is 5. The fourth-order valence-corrected chi connectivity index (χ4v) is 3.71. The number of benzene rings is 1. The highest BCUT2D eigenvalue weighted by Crippen LogP contribution is 2.22. The Morgan fingerprint density at radius 2 is 2.17 bits per heavy atom. The van der Waals surface area contributed by atoms with Crippen molar-refractivity contribution in [2.24, 2.45) is 0 Å². The van der Waals surface area contributed by atoms with E-state index in [4.69, 9.17) is 4.74 Å². The van der Waals surface area contributed by atoms with Gasteiger partial charge in [-0.3, -0.25) is 4.79 Å². The molecule has 1 aliphatic heterocycles. The normalized spacial score (nSPS) is 15.9. The molecule has 1 heterocycles. The molecule has 2 N–H and O–H groups in total. The minimum atomic E-state index is -3.63. The fourth-order valence-electron chi connectivity index (χ4n) is 2.61. The third-order valence-corrected chi connectivity index (χ3v) is 5.43. The Bertz CT molecular complexity index is 688. The number of sulfonamides is 1. The fraction of sp³-hybridized carbons (Fsp3) is 0.562. The largest absolute Gasteiger partial charge is 0.393 e. The van der Waals surface area contributed by atoms with Crippen molar-refractivity contribution in [3.8, 4) is 0 Å². The molecule has 0 saturated heterocycles. The lowest BCUT2D eigenvalue weighted by molar-refractivity contribution is -0.136. The molecule has 0 saturated carbocycles. The minimum Gasteiger partial charge on any atom is -0.393 e. The summed E-state index contributed by atoms with van der Waals surface area (Å²) in [6, 6.07) is 5.00. The van der Waals surface area contributed by atoms with Gasteiger partial charge in [0.1, 0.15) is 6.61 Å². The summed E-state index contributed by atoms with van der Waals surface area (Å²) in [6.45, 7) is 2.80. The Hall–Kier alpha value is -1.48. The third kappa shape index (κ3) is 4.76. The van der Waals surface area contributed by atoms with Gasteiger partial charge < -0.3 is 14.7 Å². The average Bonchev–Trinajstić information content (AvgIpc) is 2.53. The van der Waals surface area contributed by atoms with Crippen LogP contribution in [0, 0.1) is 0 Å². The third-order valence-electron chi connectivity index (χ3n) is 3.98. The van der Waals surface area contributed by atoms with Crippen molar-refractivity contribution in [2.45, 2.75) is 37.3 Å². The first-order chi connectivity index (χ1) is 11.3. The molecule has 1 aliphatic rings. The lowest BCUT2D eigenvalue weighted by atomic mass is 10.00. The predicted octanol–water partition coefficient (Wildman–Crippen LogP) is 0.267. The van der Waals surface area contributed by atoms with Crippen LogP contribution in [0.2, 0.25) is 0 Å². The van der Waals surface area contributed by atoms with Crippen LogP contribution in [0.3, 0.4) is 0 Å². The second-order valence-corrected chi connectivity index (χ2v) is 7.73. The highest BCUT2D eigenvalue weighted by Gasteiger charge is 2.23. The number of nitrogens with zero attached hydrogens (tertiary/aromatic N) is 1. The van der Waals surface area contributed by atoms with Crippen molar-refractivity contribution in [3.05, 3.63) is 29.3 Å². The van der Waals surface area contributed by atoms with Gasteiger partial charge in [0.2, 0.25) is 15.9 Å². The lowest BCUT2D eigenvalue weighted by Gasteiger charge is -2.29. The lowest BCUT2D eigenvalue weighted by Crippen LogP contribution is -2.38. The zero-order chi connectivity index (χ0) is 17.7. The molecule has 1 amide bonds. The molecule has 0 spiro atoms. The minimum absolute atomic E-state index is 0.0220. The van der Waals surface area contributed by atoms with Crippen LogP contribution >= 0.6 is 0 Å². The van der Waals surface area contributed by atoms with Gasteiger partial charge in [-0.15, -0.1) is 0 Å². The van der Waals surface area contributed by atoms with Crippen LogP contribution in [0.15, 0.2) is 23.1 Å². The van der Waals surface area contributed by atoms with E-state index in [9.17, 15) is 18.3 Å². The average molecular weight is 356 g/mol. The van der Waals surface area contributed by atoms with Gasteiger partial charge in [0.25, 0.3) is 0 Å². The van der Waals surface area contributed by atoms with Crippen molar-refractivity contribution in [1.29, 1.82) is 0 Å². The Labute approximate surface area is 142 Å². The first-order valence-electron chi connectivity index (χ1n) is 7.89. The number of amides is 1. The molecule has 8 heteroatoms. The number of methoxy groups -OCH3 is 1. The van der Waals surface area contributed by atoms with Gasteiger partial charge in [-0.25, -0.2) is 13.1 Å². The first-order valence-corrected chi connectivity index (χ1v) is 9.38. The molecule has 0 unspecified atom stereocenters. The van der Waals surface area contributed by atoms with Crippen LogP contribution in [0.25, 0.3) is 0 Å². The summed E-state index contributed by atoms with van der Waals surface area (Å²) in [4.78, 5) is 13.8. The van der Waals surface area contributed by atoms with E-state index in [-0.39, 0.29) is 24.0 Å². The van der Waals surface area contributed by atoms with Gasteiger partial charge in [-0.05, 0) is 43.0 Å². The topological polar surface area (TPSA) is 95.9 Å². The van der Waals surface area contributed by atoms with Crippen molar-refractivity contribution in [2.75, 3.05) is 26.8 Å². The van der Waals surface area contributed by atoms with Gasteiger partial charge >= 0.3 is 0 Å². The number of fused-ring (bicyclic) bond motifs is 1. The standard InChI is InChI=1S/C16H24N2O5S/c1-12(19)5-7-17-24(21,22)15-4-3-13-6-8-18(10-14(13)9-15)16(20)11-23-2/h3-4,9,12,17,19H,5-8,10-11H2,1-2H3/t12-/m1/s1. The number of rotatable bonds is 7. The molecular weight excluding hydrogens is 332 g/mol. The monoisotopic (exact) mass is 356 g/mol. The van der Waals surface area contributed by atoms with E-state index in [0.29, 0.717) is 25.9 Å². The molecule has 134 valence electrons. The summed E-state index contributed by atoms with van der Waals surface area (Å²) in [5.74, 6) is -0.105. The smallest absolute Gasteiger partial charge is 0.248 e. The molecule has 1 aromatic carbocycles. The van der Waals surface area contributed by atoms with Crippen molar-refractivity contribution < 1.29 is 23.1 Å². The van der Waals surface area contributed by atoms with Crippen LogP contribution in [-0.4, -0.2) is 57.2 Å². The Balaban J connectivity index is 2.13. The summed E-state index contributed by atoms with van der Waals surface area (Å²) >= 11 is 0. The van der Waals surface area contributed by atoms with Gasteiger partial charge in [0, 0.05) is 26.7 Å². The van der Waals surface area contributed by atoms with E-state index >= 15 is 0 Å². The molecule has 0 aliphatic carbocycles. The highest BCUT2D eigenvalue weighted by molar-refractivity contribution is 7.89.